The summed E-state index contributed by atoms with van der Waals surface area (Å²) in [6, 6.07) is 14.5. The number of rotatable bonds is 4. The number of halogens is 1. The Kier molecular flexibility index (Phi) is 6.21. The van der Waals surface area contributed by atoms with E-state index in [9.17, 15) is 9.59 Å². The van der Waals surface area contributed by atoms with Crippen LogP contribution in [0.2, 0.25) is 5.02 Å². The fourth-order valence-corrected chi connectivity index (χ4v) is 4.36. The maximum absolute atomic E-state index is 13.2. The van der Waals surface area contributed by atoms with Gasteiger partial charge in [-0.05, 0) is 42.0 Å². The van der Waals surface area contributed by atoms with Gasteiger partial charge in [0, 0.05) is 36.8 Å². The molecule has 1 atom stereocenters. The summed E-state index contributed by atoms with van der Waals surface area (Å²) in [4.78, 5) is 29.4. The number of nitrogens with zero attached hydrogens (tertiary/aromatic N) is 5. The number of fused-ring (bicyclic) bond motifs is 1. The molecule has 1 aromatic heterocycles. The lowest BCUT2D eigenvalue weighted by atomic mass is 10.1. The van der Waals surface area contributed by atoms with Crippen LogP contribution >= 0.6 is 11.6 Å². The molecule has 1 unspecified atom stereocenters. The fourth-order valence-electron chi connectivity index (χ4n) is 4.24. The van der Waals surface area contributed by atoms with Crippen LogP contribution in [0.3, 0.4) is 0 Å². The molecular weight excluding hydrogens is 458 g/mol. The van der Waals surface area contributed by atoms with Gasteiger partial charge in [0.25, 0.3) is 11.8 Å². The van der Waals surface area contributed by atoms with E-state index in [0.29, 0.717) is 60.4 Å². The van der Waals surface area contributed by atoms with Gasteiger partial charge in [-0.25, -0.2) is 4.68 Å². The Morgan fingerprint density at radius 3 is 2.26 bits per heavy atom. The van der Waals surface area contributed by atoms with Crippen molar-refractivity contribution >= 4 is 23.4 Å². The number of methoxy groups -OCH3 is 1. The van der Waals surface area contributed by atoms with Gasteiger partial charge in [0.2, 0.25) is 0 Å². The van der Waals surface area contributed by atoms with E-state index in [4.69, 9.17) is 21.1 Å². The molecule has 176 valence electrons. The number of carbonyl (C=O) groups is 2. The molecule has 9 nitrogen and oxygen atoms in total. The van der Waals surface area contributed by atoms with Crippen molar-refractivity contribution < 1.29 is 19.1 Å². The lowest BCUT2D eigenvalue weighted by molar-refractivity contribution is -0.00202. The van der Waals surface area contributed by atoms with E-state index >= 15 is 0 Å². The van der Waals surface area contributed by atoms with E-state index in [-0.39, 0.29) is 24.5 Å². The number of benzene rings is 2. The van der Waals surface area contributed by atoms with Crippen LogP contribution in [-0.2, 0) is 17.9 Å². The highest BCUT2D eigenvalue weighted by Crippen LogP contribution is 2.28. The Balaban J connectivity index is 1.21. The van der Waals surface area contributed by atoms with Crippen LogP contribution in [0.25, 0.3) is 0 Å². The molecule has 2 amide bonds. The minimum absolute atomic E-state index is 0.0579. The Labute approximate surface area is 201 Å². The Hall–Kier alpha value is -3.43. The summed E-state index contributed by atoms with van der Waals surface area (Å²) in [5.41, 5.74) is 2.58. The molecule has 2 aliphatic rings. The van der Waals surface area contributed by atoms with E-state index in [2.05, 4.69) is 10.3 Å². The molecule has 1 fully saturated rings. The number of ether oxygens (including phenoxy) is 2. The first-order valence-corrected chi connectivity index (χ1v) is 11.4. The number of aromatic nitrogens is 3. The van der Waals surface area contributed by atoms with Gasteiger partial charge in [-0.1, -0.05) is 28.9 Å². The van der Waals surface area contributed by atoms with Crippen LogP contribution in [0.4, 0.5) is 0 Å². The molecule has 0 spiro atoms. The Bertz CT molecular complexity index is 1190. The largest absolute Gasteiger partial charge is 0.497 e. The third kappa shape index (κ3) is 4.36. The lowest BCUT2D eigenvalue weighted by Gasteiger charge is -2.34. The van der Waals surface area contributed by atoms with E-state index in [0.717, 1.165) is 5.56 Å². The zero-order valence-electron chi connectivity index (χ0n) is 18.7. The second kappa shape index (κ2) is 9.44. The molecule has 10 heteroatoms. The number of carbonyl (C=O) groups excluding carboxylic acids is 2. The SMILES string of the molecule is COc1ccc(C(=O)N2CCN(C(=O)c3nnn4c3COC(c3ccc(Cl)cc3)C4)CC2)cc1. The van der Waals surface area contributed by atoms with E-state index in [1.165, 1.54) is 0 Å². The minimum atomic E-state index is -0.189. The maximum atomic E-state index is 13.2. The van der Waals surface area contributed by atoms with Gasteiger partial charge in [0.05, 0.1) is 26.0 Å². The topological polar surface area (TPSA) is 89.8 Å². The number of hydrogen-bond acceptors (Lipinski definition) is 6. The van der Waals surface area contributed by atoms with Gasteiger partial charge < -0.3 is 19.3 Å². The van der Waals surface area contributed by atoms with Gasteiger partial charge in [-0.3, -0.25) is 9.59 Å². The van der Waals surface area contributed by atoms with Crippen molar-refractivity contribution in [3.63, 3.8) is 0 Å². The summed E-state index contributed by atoms with van der Waals surface area (Å²) < 4.78 is 12.9. The number of piperazine rings is 1. The molecule has 1 saturated heterocycles. The zero-order valence-corrected chi connectivity index (χ0v) is 19.4. The van der Waals surface area contributed by atoms with Crippen molar-refractivity contribution in [2.24, 2.45) is 0 Å². The molecule has 0 N–H and O–H groups in total. The number of hydrogen-bond donors (Lipinski definition) is 0. The third-order valence-electron chi connectivity index (χ3n) is 6.23. The predicted octanol–water partition coefficient (Wildman–Crippen LogP) is 2.81. The highest BCUT2D eigenvalue weighted by atomic mass is 35.5. The molecule has 2 aromatic carbocycles. The van der Waals surface area contributed by atoms with Gasteiger partial charge in [-0.15, -0.1) is 5.10 Å². The van der Waals surface area contributed by atoms with Crippen LogP contribution < -0.4 is 4.74 Å². The Morgan fingerprint density at radius 2 is 1.62 bits per heavy atom. The van der Waals surface area contributed by atoms with Crippen LogP contribution in [0.1, 0.15) is 38.2 Å². The van der Waals surface area contributed by atoms with Crippen molar-refractivity contribution in [3.8, 4) is 5.75 Å². The van der Waals surface area contributed by atoms with E-state index in [1.54, 1.807) is 45.9 Å². The molecule has 0 bridgehead atoms. The van der Waals surface area contributed by atoms with Gasteiger partial charge in [0.1, 0.15) is 11.9 Å². The first kappa shape index (κ1) is 22.4. The van der Waals surface area contributed by atoms with Crippen molar-refractivity contribution in [2.75, 3.05) is 33.3 Å². The second-order valence-electron chi connectivity index (χ2n) is 8.23. The molecule has 0 radical (unpaired) electrons. The molecule has 2 aliphatic heterocycles. The van der Waals surface area contributed by atoms with Crippen LogP contribution in [0.5, 0.6) is 5.75 Å². The predicted molar refractivity (Wildman–Crippen MR) is 124 cm³/mol. The quantitative estimate of drug-likeness (QED) is 0.569. The second-order valence-corrected chi connectivity index (χ2v) is 8.67. The summed E-state index contributed by atoms with van der Waals surface area (Å²) in [7, 11) is 1.59. The van der Waals surface area contributed by atoms with Gasteiger partial charge in [0.15, 0.2) is 5.69 Å². The highest BCUT2D eigenvalue weighted by molar-refractivity contribution is 6.30. The third-order valence-corrected chi connectivity index (χ3v) is 6.49. The minimum Gasteiger partial charge on any atom is -0.497 e. The van der Waals surface area contributed by atoms with Crippen LogP contribution in [0.15, 0.2) is 48.5 Å². The van der Waals surface area contributed by atoms with Crippen LogP contribution in [-0.4, -0.2) is 69.9 Å². The average Bonchev–Trinajstić information content (AvgIpc) is 3.32. The summed E-state index contributed by atoms with van der Waals surface area (Å²) >= 11 is 5.98. The summed E-state index contributed by atoms with van der Waals surface area (Å²) in [6.07, 6.45) is -0.179. The zero-order chi connectivity index (χ0) is 23.7. The lowest BCUT2D eigenvalue weighted by Crippen LogP contribution is -2.50. The normalized spacial score (nSPS) is 17.9. The average molecular weight is 482 g/mol. The van der Waals surface area contributed by atoms with Gasteiger partial charge >= 0.3 is 0 Å². The number of amides is 2. The molecule has 3 heterocycles. The molecule has 3 aromatic rings. The summed E-state index contributed by atoms with van der Waals surface area (Å²) in [5.74, 6) is 0.455. The molecule has 34 heavy (non-hydrogen) atoms. The van der Waals surface area contributed by atoms with E-state index in [1.807, 2.05) is 24.3 Å². The molecular formula is C24H24ClN5O4. The van der Waals surface area contributed by atoms with Crippen molar-refractivity contribution in [1.82, 2.24) is 24.8 Å². The first-order valence-electron chi connectivity index (χ1n) is 11.1. The summed E-state index contributed by atoms with van der Waals surface area (Å²) in [6.45, 7) is 2.49. The standard InChI is InChI=1S/C24H24ClN5O4/c1-33-19-8-4-17(5-9-19)23(31)28-10-12-29(13-11-28)24(32)22-20-15-34-21(14-30(20)27-26-22)16-2-6-18(25)7-3-16/h2-9,21H,10-15H2,1H3. The van der Waals surface area contributed by atoms with Crippen molar-refractivity contribution in [1.29, 1.82) is 0 Å². The first-order chi connectivity index (χ1) is 16.5. The van der Waals surface area contributed by atoms with Crippen molar-refractivity contribution in [2.45, 2.75) is 19.3 Å². The fraction of sp³-hybridized carbons (Fsp3) is 0.333. The Morgan fingerprint density at radius 1 is 0.971 bits per heavy atom. The van der Waals surface area contributed by atoms with Gasteiger partial charge in [-0.2, -0.15) is 0 Å². The molecule has 0 aliphatic carbocycles. The smallest absolute Gasteiger partial charge is 0.276 e. The summed E-state index contributed by atoms with van der Waals surface area (Å²) in [5, 5.41) is 9.03. The van der Waals surface area contributed by atoms with E-state index < -0.39 is 0 Å². The molecule has 5 rings (SSSR count). The maximum Gasteiger partial charge on any atom is 0.276 e. The molecule has 0 saturated carbocycles. The monoisotopic (exact) mass is 481 g/mol. The highest BCUT2D eigenvalue weighted by Gasteiger charge is 2.32. The van der Waals surface area contributed by atoms with Crippen molar-refractivity contribution in [3.05, 3.63) is 76.1 Å². The van der Waals surface area contributed by atoms with Crippen LogP contribution in [0, 0.1) is 0 Å².